The molecule has 0 radical (unpaired) electrons. The van der Waals surface area contributed by atoms with Crippen molar-refractivity contribution < 1.29 is 14.7 Å². The lowest BCUT2D eigenvalue weighted by molar-refractivity contribution is -0.136. The maximum atomic E-state index is 11.3. The number of aromatic nitrogens is 2. The van der Waals surface area contributed by atoms with E-state index in [1.54, 1.807) is 6.07 Å². The molecule has 0 bridgehead atoms. The molecule has 0 spiro atoms. The van der Waals surface area contributed by atoms with E-state index in [1.165, 1.54) is 0 Å². The quantitative estimate of drug-likeness (QED) is 0.721. The number of nitrogens with zero attached hydrogens (tertiary/aromatic N) is 2. The van der Waals surface area contributed by atoms with Crippen LogP contribution in [0.2, 0.25) is 0 Å². The lowest BCUT2D eigenvalue weighted by atomic mass is 10.3. The van der Waals surface area contributed by atoms with Crippen molar-refractivity contribution in [2.45, 2.75) is 25.2 Å². The topological polar surface area (TPSA) is 104 Å². The summed E-state index contributed by atoms with van der Waals surface area (Å²) in [5.74, 6) is -0.0768. The summed E-state index contributed by atoms with van der Waals surface area (Å²) in [4.78, 5) is 21.6. The zero-order valence-electron chi connectivity index (χ0n) is 9.72. The predicted molar refractivity (Wildman–Crippen MR) is 63.3 cm³/mol. The van der Waals surface area contributed by atoms with E-state index in [2.05, 4.69) is 20.8 Å². The minimum atomic E-state index is -0.955. The number of carbonyl (C=O) groups is 2. The molecule has 0 aromatic carbocycles. The van der Waals surface area contributed by atoms with Gasteiger partial charge in [0.25, 0.3) is 0 Å². The Kier molecular flexibility index (Phi) is 3.71. The Hall–Kier alpha value is -2.18. The number of hydrogen-bond donors (Lipinski definition) is 3. The van der Waals surface area contributed by atoms with Crippen LogP contribution in [0.5, 0.6) is 0 Å². The zero-order chi connectivity index (χ0) is 13.0. The number of carbonyl (C=O) groups excluding carboxylic acids is 1. The fourth-order valence-electron chi connectivity index (χ4n) is 1.45. The lowest BCUT2D eigenvalue weighted by Gasteiger charge is -2.05. The minimum Gasteiger partial charge on any atom is -0.481 e. The van der Waals surface area contributed by atoms with Crippen LogP contribution >= 0.6 is 0 Å². The van der Waals surface area contributed by atoms with E-state index in [9.17, 15) is 9.59 Å². The van der Waals surface area contributed by atoms with Crippen LogP contribution in [-0.4, -0.2) is 33.8 Å². The van der Waals surface area contributed by atoms with Gasteiger partial charge in [-0.1, -0.05) is 0 Å². The van der Waals surface area contributed by atoms with Crippen molar-refractivity contribution in [2.75, 3.05) is 11.9 Å². The van der Waals surface area contributed by atoms with Gasteiger partial charge in [-0.2, -0.15) is 5.10 Å². The average molecular weight is 250 g/mol. The first kappa shape index (κ1) is 12.3. The molecular weight excluding hydrogens is 236 g/mol. The normalized spacial score (nSPS) is 14.0. The van der Waals surface area contributed by atoms with E-state index < -0.39 is 12.0 Å². The summed E-state index contributed by atoms with van der Waals surface area (Å²) in [5.41, 5.74) is 0.951. The molecular formula is C11H14N4O3. The van der Waals surface area contributed by atoms with Gasteiger partial charge >= 0.3 is 12.0 Å². The Morgan fingerprint density at radius 2 is 2.11 bits per heavy atom. The Labute approximate surface area is 104 Å². The van der Waals surface area contributed by atoms with Crippen LogP contribution in [0, 0.1) is 0 Å². The number of rotatable bonds is 5. The molecule has 1 aliphatic carbocycles. The Morgan fingerprint density at radius 1 is 1.33 bits per heavy atom. The van der Waals surface area contributed by atoms with Crippen LogP contribution in [-0.2, 0) is 4.79 Å². The van der Waals surface area contributed by atoms with Gasteiger partial charge in [0.05, 0.1) is 12.1 Å². The molecule has 1 heterocycles. The van der Waals surface area contributed by atoms with Gasteiger partial charge in [-0.25, -0.2) is 4.79 Å². The first-order chi connectivity index (χ1) is 8.65. The molecule has 1 aromatic rings. The maximum Gasteiger partial charge on any atom is 0.320 e. The van der Waals surface area contributed by atoms with Crippen LogP contribution in [0.3, 0.4) is 0 Å². The molecule has 0 aliphatic heterocycles. The SMILES string of the molecule is O=C(O)CCNC(=O)Nc1ccc(C2CC2)nn1. The van der Waals surface area contributed by atoms with Crippen LogP contribution in [0.4, 0.5) is 10.6 Å². The van der Waals surface area contributed by atoms with E-state index in [1.807, 2.05) is 6.07 Å². The van der Waals surface area contributed by atoms with Crippen molar-refractivity contribution in [1.82, 2.24) is 15.5 Å². The van der Waals surface area contributed by atoms with Gasteiger partial charge in [0, 0.05) is 12.5 Å². The molecule has 3 N–H and O–H groups in total. The molecule has 2 amide bonds. The van der Waals surface area contributed by atoms with Gasteiger partial charge in [0.15, 0.2) is 5.82 Å². The predicted octanol–water partition coefficient (Wildman–Crippen LogP) is 0.950. The highest BCUT2D eigenvalue weighted by molar-refractivity contribution is 5.88. The van der Waals surface area contributed by atoms with Crippen molar-refractivity contribution in [3.8, 4) is 0 Å². The van der Waals surface area contributed by atoms with Gasteiger partial charge < -0.3 is 10.4 Å². The zero-order valence-corrected chi connectivity index (χ0v) is 9.72. The lowest BCUT2D eigenvalue weighted by Crippen LogP contribution is -2.31. The maximum absolute atomic E-state index is 11.3. The number of amides is 2. The summed E-state index contributed by atoms with van der Waals surface area (Å²) in [7, 11) is 0. The molecule has 1 aliphatic rings. The first-order valence-electron chi connectivity index (χ1n) is 5.75. The number of anilines is 1. The van der Waals surface area contributed by atoms with Crippen LogP contribution in [0.1, 0.15) is 30.9 Å². The van der Waals surface area contributed by atoms with Crippen molar-refractivity contribution in [3.05, 3.63) is 17.8 Å². The van der Waals surface area contributed by atoms with E-state index in [0.717, 1.165) is 18.5 Å². The molecule has 7 heteroatoms. The summed E-state index contributed by atoms with van der Waals surface area (Å²) in [6, 6.07) is 3.05. The van der Waals surface area contributed by atoms with Gasteiger partial charge in [-0.05, 0) is 25.0 Å². The van der Waals surface area contributed by atoms with E-state index in [-0.39, 0.29) is 13.0 Å². The van der Waals surface area contributed by atoms with Crippen LogP contribution in [0.15, 0.2) is 12.1 Å². The van der Waals surface area contributed by atoms with Crippen LogP contribution < -0.4 is 10.6 Å². The van der Waals surface area contributed by atoms with Gasteiger partial charge in [0.1, 0.15) is 0 Å². The summed E-state index contributed by atoms with van der Waals surface area (Å²) in [6.07, 6.45) is 2.19. The Bertz CT molecular complexity index is 442. The monoisotopic (exact) mass is 250 g/mol. The molecule has 2 rings (SSSR count). The standard InChI is InChI=1S/C11H14N4O3/c16-10(17)5-6-12-11(18)13-9-4-3-8(14-15-9)7-1-2-7/h3-4,7H,1-2,5-6H2,(H,16,17)(H2,12,13,15,18). The number of urea groups is 1. The van der Waals surface area contributed by atoms with Gasteiger partial charge in [0.2, 0.25) is 0 Å². The molecule has 0 unspecified atom stereocenters. The smallest absolute Gasteiger partial charge is 0.320 e. The summed E-state index contributed by atoms with van der Waals surface area (Å²) >= 11 is 0. The van der Waals surface area contributed by atoms with Crippen LogP contribution in [0.25, 0.3) is 0 Å². The van der Waals surface area contributed by atoms with E-state index >= 15 is 0 Å². The van der Waals surface area contributed by atoms with Crippen molar-refractivity contribution in [1.29, 1.82) is 0 Å². The number of carboxylic acids is 1. The van der Waals surface area contributed by atoms with E-state index in [4.69, 9.17) is 5.11 Å². The first-order valence-corrected chi connectivity index (χ1v) is 5.75. The third kappa shape index (κ3) is 3.69. The van der Waals surface area contributed by atoms with Crippen molar-refractivity contribution in [2.24, 2.45) is 0 Å². The molecule has 7 nitrogen and oxygen atoms in total. The number of nitrogens with one attached hydrogen (secondary N) is 2. The fraction of sp³-hybridized carbons (Fsp3) is 0.455. The number of aliphatic carboxylic acids is 1. The molecule has 1 fully saturated rings. The number of carboxylic acid groups (broad SMARTS) is 1. The Balaban J connectivity index is 1.77. The molecule has 1 aromatic heterocycles. The van der Waals surface area contributed by atoms with Gasteiger partial charge in [-0.15, -0.1) is 5.10 Å². The highest BCUT2D eigenvalue weighted by atomic mass is 16.4. The molecule has 1 saturated carbocycles. The van der Waals surface area contributed by atoms with Gasteiger partial charge in [-0.3, -0.25) is 10.1 Å². The molecule has 18 heavy (non-hydrogen) atoms. The Morgan fingerprint density at radius 3 is 2.67 bits per heavy atom. The molecule has 0 atom stereocenters. The second kappa shape index (κ2) is 5.44. The fourth-order valence-corrected chi connectivity index (χ4v) is 1.45. The molecule has 0 saturated heterocycles. The summed E-state index contributed by atoms with van der Waals surface area (Å²) in [5, 5.41) is 21.2. The third-order valence-corrected chi connectivity index (χ3v) is 2.55. The second-order valence-corrected chi connectivity index (χ2v) is 4.14. The second-order valence-electron chi connectivity index (χ2n) is 4.14. The van der Waals surface area contributed by atoms with E-state index in [0.29, 0.717) is 11.7 Å². The van der Waals surface area contributed by atoms with Crippen molar-refractivity contribution >= 4 is 17.8 Å². The third-order valence-electron chi connectivity index (χ3n) is 2.55. The minimum absolute atomic E-state index is 0.0781. The largest absolute Gasteiger partial charge is 0.481 e. The molecule has 96 valence electrons. The summed E-state index contributed by atoms with van der Waals surface area (Å²) < 4.78 is 0. The average Bonchev–Trinajstić information content (AvgIpc) is 3.13. The highest BCUT2D eigenvalue weighted by Crippen LogP contribution is 2.38. The van der Waals surface area contributed by atoms with Crippen molar-refractivity contribution in [3.63, 3.8) is 0 Å². The number of hydrogen-bond acceptors (Lipinski definition) is 4. The highest BCUT2D eigenvalue weighted by Gasteiger charge is 2.25. The summed E-state index contributed by atoms with van der Waals surface area (Å²) in [6.45, 7) is 0.0781.